The van der Waals surface area contributed by atoms with Crippen molar-refractivity contribution in [2.45, 2.75) is 11.8 Å². The summed E-state index contributed by atoms with van der Waals surface area (Å²) in [5.74, 6) is -0.845. The number of benzene rings is 2. The number of aryl methyl sites for hydroxylation is 2. The van der Waals surface area contributed by atoms with Crippen LogP contribution in [-0.2, 0) is 17.1 Å². The Kier molecular flexibility index (Phi) is 4.97. The Hall–Kier alpha value is -3.53. The maximum absolute atomic E-state index is 12.6. The van der Waals surface area contributed by atoms with Crippen LogP contribution in [0.5, 0.6) is 0 Å². The highest BCUT2D eigenvalue weighted by molar-refractivity contribution is 7.90. The van der Waals surface area contributed by atoms with E-state index in [4.69, 9.17) is 0 Å². The fourth-order valence-corrected chi connectivity index (χ4v) is 3.53. The van der Waals surface area contributed by atoms with Crippen molar-refractivity contribution in [3.05, 3.63) is 76.0 Å². The lowest BCUT2D eigenvalue weighted by Crippen LogP contribution is -2.30. The first-order valence-electron chi connectivity index (χ1n) is 8.09. The van der Waals surface area contributed by atoms with Crippen molar-refractivity contribution in [1.29, 1.82) is 0 Å². The number of rotatable bonds is 5. The summed E-state index contributed by atoms with van der Waals surface area (Å²) in [5.41, 5.74) is 1.48. The molecular weight excluding hydrogens is 384 g/mol. The molecule has 0 aliphatic carbocycles. The molecule has 1 amide bonds. The highest BCUT2D eigenvalue weighted by atomic mass is 32.2. The zero-order valence-electron chi connectivity index (χ0n) is 15.0. The van der Waals surface area contributed by atoms with E-state index in [9.17, 15) is 23.3 Å². The molecule has 1 N–H and O–H groups in total. The lowest BCUT2D eigenvalue weighted by atomic mass is 10.1. The van der Waals surface area contributed by atoms with Crippen molar-refractivity contribution in [1.82, 2.24) is 14.5 Å². The highest BCUT2D eigenvalue weighted by Crippen LogP contribution is 2.25. The minimum atomic E-state index is -4.06. The van der Waals surface area contributed by atoms with Gasteiger partial charge in [0.05, 0.1) is 15.4 Å². The number of nitrogens with zero attached hydrogens (tertiary/aromatic N) is 3. The molecule has 10 heteroatoms. The van der Waals surface area contributed by atoms with Gasteiger partial charge < -0.3 is 0 Å². The first-order chi connectivity index (χ1) is 13.2. The van der Waals surface area contributed by atoms with Crippen LogP contribution < -0.4 is 4.72 Å². The average molecular weight is 400 g/mol. The van der Waals surface area contributed by atoms with Gasteiger partial charge in [-0.2, -0.15) is 5.10 Å². The van der Waals surface area contributed by atoms with Crippen molar-refractivity contribution < 1.29 is 18.1 Å². The number of aromatic nitrogens is 2. The molecule has 0 atom stereocenters. The number of carbonyl (C=O) groups is 1. The summed E-state index contributed by atoms with van der Waals surface area (Å²) < 4.78 is 28.3. The number of nitro benzene ring substituents is 1. The molecule has 0 saturated heterocycles. The molecule has 1 aromatic heterocycles. The molecule has 0 bridgehead atoms. The number of non-ortho nitro benzene ring substituents is 1. The van der Waals surface area contributed by atoms with Crippen LogP contribution in [0.25, 0.3) is 11.3 Å². The third-order valence-electron chi connectivity index (χ3n) is 3.98. The van der Waals surface area contributed by atoms with Gasteiger partial charge in [0.25, 0.3) is 21.6 Å². The van der Waals surface area contributed by atoms with E-state index in [1.165, 1.54) is 47.3 Å². The van der Waals surface area contributed by atoms with Gasteiger partial charge in [0.2, 0.25) is 0 Å². The zero-order chi connectivity index (χ0) is 20.5. The maximum Gasteiger partial charge on any atom is 0.269 e. The molecule has 3 aromatic rings. The predicted molar refractivity (Wildman–Crippen MR) is 101 cm³/mol. The van der Waals surface area contributed by atoms with E-state index < -0.39 is 20.9 Å². The molecule has 0 fully saturated rings. The molecular formula is C18H16N4O5S. The SMILES string of the molecule is Cc1ccc(S(=O)(=O)NC(=O)c2cn(C)nc2-c2ccc([N+](=O)[O-])cc2)cc1. The van der Waals surface area contributed by atoms with E-state index in [0.717, 1.165) is 5.56 Å². The second-order valence-electron chi connectivity index (χ2n) is 6.12. The molecule has 144 valence electrons. The minimum Gasteiger partial charge on any atom is -0.274 e. The molecule has 0 spiro atoms. The van der Waals surface area contributed by atoms with E-state index in [2.05, 4.69) is 5.10 Å². The summed E-state index contributed by atoms with van der Waals surface area (Å²) >= 11 is 0. The highest BCUT2D eigenvalue weighted by Gasteiger charge is 2.23. The van der Waals surface area contributed by atoms with Gasteiger partial charge in [0.15, 0.2) is 0 Å². The number of nitrogens with one attached hydrogen (secondary N) is 1. The molecule has 0 unspecified atom stereocenters. The first-order valence-corrected chi connectivity index (χ1v) is 9.58. The van der Waals surface area contributed by atoms with Gasteiger partial charge in [-0.15, -0.1) is 0 Å². The lowest BCUT2D eigenvalue weighted by Gasteiger charge is -2.07. The van der Waals surface area contributed by atoms with Crippen LogP contribution in [0.4, 0.5) is 5.69 Å². The minimum absolute atomic E-state index is 0.0343. The van der Waals surface area contributed by atoms with E-state index in [-0.39, 0.29) is 21.8 Å². The van der Waals surface area contributed by atoms with E-state index >= 15 is 0 Å². The average Bonchev–Trinajstić information content (AvgIpc) is 3.04. The maximum atomic E-state index is 12.6. The number of amides is 1. The van der Waals surface area contributed by atoms with Gasteiger partial charge in [0.1, 0.15) is 5.69 Å². The molecule has 0 aliphatic rings. The number of carbonyl (C=O) groups excluding carboxylic acids is 1. The summed E-state index contributed by atoms with van der Waals surface area (Å²) in [4.78, 5) is 22.9. The van der Waals surface area contributed by atoms with Crippen LogP contribution in [0.2, 0.25) is 0 Å². The smallest absolute Gasteiger partial charge is 0.269 e. The Bertz CT molecular complexity index is 1150. The number of hydrogen-bond donors (Lipinski definition) is 1. The molecule has 0 aliphatic heterocycles. The van der Waals surface area contributed by atoms with E-state index in [0.29, 0.717) is 5.56 Å². The Balaban J connectivity index is 1.92. The largest absolute Gasteiger partial charge is 0.274 e. The van der Waals surface area contributed by atoms with Gasteiger partial charge >= 0.3 is 0 Å². The second-order valence-corrected chi connectivity index (χ2v) is 7.80. The van der Waals surface area contributed by atoms with Gasteiger partial charge in [0, 0.05) is 30.9 Å². The van der Waals surface area contributed by atoms with E-state index in [1.54, 1.807) is 19.2 Å². The number of sulfonamides is 1. The summed E-state index contributed by atoms with van der Waals surface area (Å²) in [6, 6.07) is 11.6. The fraction of sp³-hybridized carbons (Fsp3) is 0.111. The Morgan fingerprint density at radius 1 is 1.11 bits per heavy atom. The summed E-state index contributed by atoms with van der Waals surface area (Å²) in [6.45, 7) is 1.82. The topological polar surface area (TPSA) is 124 Å². The van der Waals surface area contributed by atoms with Crippen molar-refractivity contribution in [2.75, 3.05) is 0 Å². The van der Waals surface area contributed by atoms with Gasteiger partial charge in [-0.25, -0.2) is 13.1 Å². The third-order valence-corrected chi connectivity index (χ3v) is 5.33. The van der Waals surface area contributed by atoms with Crippen LogP contribution in [0.1, 0.15) is 15.9 Å². The first kappa shape index (κ1) is 19.2. The van der Waals surface area contributed by atoms with Crippen LogP contribution >= 0.6 is 0 Å². The van der Waals surface area contributed by atoms with Crippen molar-refractivity contribution >= 4 is 21.6 Å². The summed E-state index contributed by atoms with van der Waals surface area (Å²) in [6.07, 6.45) is 1.39. The fourth-order valence-electron chi connectivity index (χ4n) is 2.56. The Morgan fingerprint density at radius 2 is 1.71 bits per heavy atom. The lowest BCUT2D eigenvalue weighted by molar-refractivity contribution is -0.384. The normalized spacial score (nSPS) is 11.2. The van der Waals surface area contributed by atoms with Crippen LogP contribution in [-0.4, -0.2) is 29.0 Å². The van der Waals surface area contributed by atoms with Gasteiger partial charge in [-0.05, 0) is 31.2 Å². The van der Waals surface area contributed by atoms with E-state index in [1.807, 2.05) is 11.6 Å². The monoisotopic (exact) mass is 400 g/mol. The zero-order valence-corrected chi connectivity index (χ0v) is 15.8. The quantitative estimate of drug-likeness (QED) is 0.518. The third kappa shape index (κ3) is 3.91. The van der Waals surface area contributed by atoms with Crippen LogP contribution in [0.15, 0.2) is 59.6 Å². The Labute approximate surface area is 160 Å². The molecule has 1 heterocycles. The molecule has 3 rings (SSSR count). The van der Waals surface area contributed by atoms with Crippen LogP contribution in [0, 0.1) is 17.0 Å². The summed E-state index contributed by atoms with van der Waals surface area (Å²) in [7, 11) is -2.47. The van der Waals surface area contributed by atoms with Crippen LogP contribution in [0.3, 0.4) is 0 Å². The molecule has 0 radical (unpaired) electrons. The molecule has 0 saturated carbocycles. The van der Waals surface area contributed by atoms with Crippen molar-refractivity contribution in [3.8, 4) is 11.3 Å². The van der Waals surface area contributed by atoms with Crippen molar-refractivity contribution in [2.24, 2.45) is 7.05 Å². The van der Waals surface area contributed by atoms with Gasteiger partial charge in [-0.3, -0.25) is 19.6 Å². The second kappa shape index (κ2) is 7.24. The summed E-state index contributed by atoms with van der Waals surface area (Å²) in [5, 5.41) is 15.0. The predicted octanol–water partition coefficient (Wildman–Crippen LogP) is 2.42. The van der Waals surface area contributed by atoms with Crippen molar-refractivity contribution in [3.63, 3.8) is 0 Å². The standard InChI is InChI=1S/C18H16N4O5S/c1-12-3-9-15(10-4-12)28(26,27)20-18(23)16-11-21(2)19-17(16)13-5-7-14(8-6-13)22(24)25/h3-11H,1-2H3,(H,20,23). The van der Waals surface area contributed by atoms with Gasteiger partial charge in [-0.1, -0.05) is 17.7 Å². The molecule has 9 nitrogen and oxygen atoms in total. The molecule has 28 heavy (non-hydrogen) atoms. The number of nitro groups is 1. The molecule has 2 aromatic carbocycles. The Morgan fingerprint density at radius 3 is 2.29 bits per heavy atom. The number of hydrogen-bond acceptors (Lipinski definition) is 6.